The Labute approximate surface area is 167 Å². The number of amides is 3. The van der Waals surface area contributed by atoms with Gasteiger partial charge in [0.05, 0.1) is 7.11 Å². The van der Waals surface area contributed by atoms with Gasteiger partial charge < -0.3 is 10.1 Å². The van der Waals surface area contributed by atoms with Gasteiger partial charge in [-0.25, -0.2) is 0 Å². The number of anilines is 1. The van der Waals surface area contributed by atoms with Crippen LogP contribution in [-0.2, 0) is 9.59 Å². The quantitative estimate of drug-likeness (QED) is 0.695. The van der Waals surface area contributed by atoms with Crippen molar-refractivity contribution in [3.63, 3.8) is 0 Å². The van der Waals surface area contributed by atoms with Crippen LogP contribution in [0.4, 0.5) is 5.82 Å². The van der Waals surface area contributed by atoms with E-state index >= 15 is 0 Å². The summed E-state index contributed by atoms with van der Waals surface area (Å²) in [5.74, 6) is -1.07. The summed E-state index contributed by atoms with van der Waals surface area (Å²) in [7, 11) is 1.47. The van der Waals surface area contributed by atoms with Crippen molar-refractivity contribution in [2.75, 3.05) is 12.4 Å². The second kappa shape index (κ2) is 9.84. The van der Waals surface area contributed by atoms with E-state index in [1.54, 1.807) is 18.2 Å². The van der Waals surface area contributed by atoms with E-state index in [1.165, 1.54) is 11.8 Å². The lowest BCUT2D eigenvalue weighted by atomic mass is 10.2. The predicted molar refractivity (Wildman–Crippen MR) is 104 cm³/mol. The van der Waals surface area contributed by atoms with Crippen LogP contribution in [-0.4, -0.2) is 39.8 Å². The van der Waals surface area contributed by atoms with Crippen LogP contribution < -0.4 is 15.4 Å². The molecule has 0 aliphatic heterocycles. The molecule has 1 aromatic carbocycles. The number of hydrogen-bond donors (Lipinski definition) is 2. The first-order valence-electron chi connectivity index (χ1n) is 8.84. The van der Waals surface area contributed by atoms with Crippen LogP contribution in [0.5, 0.6) is 5.75 Å². The molecule has 0 aliphatic rings. The van der Waals surface area contributed by atoms with Crippen molar-refractivity contribution >= 4 is 35.1 Å². The van der Waals surface area contributed by atoms with Crippen molar-refractivity contribution in [1.82, 2.24) is 20.3 Å². The average molecular weight is 408 g/mol. The summed E-state index contributed by atoms with van der Waals surface area (Å²) >= 11 is 6.08. The molecule has 0 unspecified atom stereocenters. The first-order chi connectivity index (χ1) is 13.4. The number of aromatic nitrogens is 3. The molecule has 0 fully saturated rings. The van der Waals surface area contributed by atoms with Gasteiger partial charge in [0.25, 0.3) is 5.91 Å². The normalized spacial score (nSPS) is 10.4. The van der Waals surface area contributed by atoms with Crippen LogP contribution in [0.15, 0.2) is 18.2 Å². The Morgan fingerprint density at radius 3 is 2.46 bits per heavy atom. The van der Waals surface area contributed by atoms with E-state index in [-0.39, 0.29) is 30.3 Å². The van der Waals surface area contributed by atoms with Crippen molar-refractivity contribution in [1.29, 1.82) is 0 Å². The highest BCUT2D eigenvalue weighted by atomic mass is 35.5. The fourth-order valence-electron chi connectivity index (χ4n) is 2.44. The minimum atomic E-state index is -0.752. The summed E-state index contributed by atoms with van der Waals surface area (Å²) in [6.45, 7) is 3.67. The molecule has 2 aromatic rings. The van der Waals surface area contributed by atoms with Crippen molar-refractivity contribution < 1.29 is 19.1 Å². The standard InChI is InChI=1S/C18H22ClN5O4/c1-4-6-14(25)20-17-16(18(27)21-15(26)7-5-2)22-23-24(17)12-10-11(19)8-9-13(12)28-3/h8-10H,4-7H2,1-3H3,(H,20,25)(H,21,26,27). The van der Waals surface area contributed by atoms with E-state index in [1.807, 2.05) is 13.8 Å². The molecule has 1 heterocycles. The van der Waals surface area contributed by atoms with Gasteiger partial charge in [-0.2, -0.15) is 4.68 Å². The van der Waals surface area contributed by atoms with Gasteiger partial charge in [-0.15, -0.1) is 5.10 Å². The Morgan fingerprint density at radius 1 is 1.14 bits per heavy atom. The smallest absolute Gasteiger partial charge is 0.282 e. The van der Waals surface area contributed by atoms with Gasteiger partial charge in [0, 0.05) is 17.9 Å². The molecule has 0 aliphatic carbocycles. The molecule has 1 aromatic heterocycles. The summed E-state index contributed by atoms with van der Waals surface area (Å²) in [6.07, 6.45) is 1.64. The molecule has 2 rings (SSSR count). The number of nitrogens with zero attached hydrogens (tertiary/aromatic N) is 3. The lowest BCUT2D eigenvalue weighted by Gasteiger charge is -2.12. The number of imide groups is 1. The number of methoxy groups -OCH3 is 1. The monoisotopic (exact) mass is 407 g/mol. The molecule has 2 N–H and O–H groups in total. The third kappa shape index (κ3) is 5.07. The minimum Gasteiger partial charge on any atom is -0.494 e. The maximum atomic E-state index is 12.5. The number of ether oxygens (including phenoxy) is 1. The number of carbonyl (C=O) groups is 3. The van der Waals surface area contributed by atoms with Gasteiger partial charge in [-0.05, 0) is 31.0 Å². The Balaban J connectivity index is 2.50. The highest BCUT2D eigenvalue weighted by Gasteiger charge is 2.25. The second-order valence-electron chi connectivity index (χ2n) is 5.94. The summed E-state index contributed by atoms with van der Waals surface area (Å²) in [5.41, 5.74) is 0.198. The van der Waals surface area contributed by atoms with Gasteiger partial charge in [-0.1, -0.05) is 30.7 Å². The van der Waals surface area contributed by atoms with Gasteiger partial charge in [0.2, 0.25) is 11.8 Å². The van der Waals surface area contributed by atoms with Crippen LogP contribution in [0.25, 0.3) is 5.69 Å². The Morgan fingerprint density at radius 2 is 1.82 bits per heavy atom. The molecule has 0 spiro atoms. The zero-order chi connectivity index (χ0) is 20.7. The number of nitrogens with one attached hydrogen (secondary N) is 2. The van der Waals surface area contributed by atoms with E-state index < -0.39 is 11.8 Å². The summed E-state index contributed by atoms with van der Waals surface area (Å²) in [6, 6.07) is 4.82. The summed E-state index contributed by atoms with van der Waals surface area (Å²) in [4.78, 5) is 36.5. The van der Waals surface area contributed by atoms with Crippen molar-refractivity contribution in [3.8, 4) is 11.4 Å². The number of halogens is 1. The van der Waals surface area contributed by atoms with Gasteiger partial charge in [0.1, 0.15) is 11.4 Å². The number of rotatable bonds is 8. The third-order valence-corrected chi connectivity index (χ3v) is 3.95. The number of benzene rings is 1. The molecule has 0 saturated carbocycles. The third-order valence-electron chi connectivity index (χ3n) is 3.72. The van der Waals surface area contributed by atoms with Crippen LogP contribution in [0.1, 0.15) is 50.0 Å². The molecule has 0 saturated heterocycles. The first-order valence-corrected chi connectivity index (χ1v) is 9.22. The van der Waals surface area contributed by atoms with Crippen molar-refractivity contribution in [2.45, 2.75) is 39.5 Å². The fourth-order valence-corrected chi connectivity index (χ4v) is 2.61. The highest BCUT2D eigenvalue weighted by Crippen LogP contribution is 2.29. The maximum absolute atomic E-state index is 12.5. The molecule has 9 nitrogen and oxygen atoms in total. The second-order valence-corrected chi connectivity index (χ2v) is 6.38. The average Bonchev–Trinajstić information content (AvgIpc) is 3.05. The first kappa shape index (κ1) is 21.4. The van der Waals surface area contributed by atoms with Crippen molar-refractivity contribution in [2.24, 2.45) is 0 Å². The Kier molecular flexibility index (Phi) is 7.51. The van der Waals surface area contributed by atoms with Crippen LogP contribution in [0, 0.1) is 0 Å². The molecule has 0 radical (unpaired) electrons. The van der Waals surface area contributed by atoms with Crippen LogP contribution in [0.3, 0.4) is 0 Å². The molecule has 0 atom stereocenters. The molecule has 28 heavy (non-hydrogen) atoms. The largest absolute Gasteiger partial charge is 0.494 e. The van der Waals surface area contributed by atoms with Gasteiger partial charge in [0.15, 0.2) is 11.5 Å². The van der Waals surface area contributed by atoms with E-state index in [4.69, 9.17) is 16.3 Å². The van der Waals surface area contributed by atoms with E-state index in [2.05, 4.69) is 20.9 Å². The molecule has 10 heteroatoms. The maximum Gasteiger partial charge on any atom is 0.282 e. The number of hydrogen-bond acceptors (Lipinski definition) is 6. The van der Waals surface area contributed by atoms with E-state index in [0.29, 0.717) is 29.3 Å². The molecular weight excluding hydrogens is 386 g/mol. The predicted octanol–water partition coefficient (Wildman–Crippen LogP) is 2.72. The minimum absolute atomic E-state index is 0.0285. The van der Waals surface area contributed by atoms with Crippen molar-refractivity contribution in [3.05, 3.63) is 28.9 Å². The van der Waals surface area contributed by atoms with E-state index in [0.717, 1.165) is 0 Å². The van der Waals surface area contributed by atoms with E-state index in [9.17, 15) is 14.4 Å². The van der Waals surface area contributed by atoms with Gasteiger partial charge in [-0.3, -0.25) is 19.7 Å². The lowest BCUT2D eigenvalue weighted by molar-refractivity contribution is -0.120. The molecular formula is C18H22ClN5O4. The SMILES string of the molecule is CCCC(=O)NC(=O)c1nnn(-c2cc(Cl)ccc2OC)c1NC(=O)CCC. The molecule has 150 valence electrons. The fraction of sp³-hybridized carbons (Fsp3) is 0.389. The summed E-state index contributed by atoms with van der Waals surface area (Å²) < 4.78 is 6.56. The molecule has 0 bridgehead atoms. The zero-order valence-corrected chi connectivity index (χ0v) is 16.7. The highest BCUT2D eigenvalue weighted by molar-refractivity contribution is 6.30. The zero-order valence-electron chi connectivity index (χ0n) is 15.9. The van der Waals surface area contributed by atoms with Crippen LogP contribution in [0.2, 0.25) is 5.02 Å². The Bertz CT molecular complexity index is 881. The Hall–Kier alpha value is -2.94. The number of carbonyl (C=O) groups excluding carboxylic acids is 3. The molecule has 3 amide bonds. The topological polar surface area (TPSA) is 115 Å². The summed E-state index contributed by atoms with van der Waals surface area (Å²) in [5, 5.41) is 13.1. The van der Waals surface area contributed by atoms with Crippen LogP contribution >= 0.6 is 11.6 Å². The van der Waals surface area contributed by atoms with Gasteiger partial charge >= 0.3 is 0 Å². The lowest BCUT2D eigenvalue weighted by Crippen LogP contribution is -2.31.